The zero-order chi connectivity index (χ0) is 15.7. The molecule has 1 atom stereocenters. The maximum Gasteiger partial charge on any atom is 0.264 e. The summed E-state index contributed by atoms with van der Waals surface area (Å²) in [6.45, 7) is 2.67. The van der Waals surface area contributed by atoms with E-state index in [1.165, 1.54) is 23.3 Å². The molecule has 1 aromatic rings. The lowest BCUT2D eigenvalue weighted by molar-refractivity contribution is 0.0702. The van der Waals surface area contributed by atoms with Crippen LogP contribution in [-0.2, 0) is 22.7 Å². The number of hydrogen-bond donors (Lipinski definition) is 0. The van der Waals surface area contributed by atoms with E-state index in [1.54, 1.807) is 11.3 Å². The van der Waals surface area contributed by atoms with E-state index in [2.05, 4.69) is 0 Å². The number of carbonyl (C=O) groups is 1. The smallest absolute Gasteiger partial charge is 0.264 e. The Balaban J connectivity index is 1.82. The molecule has 0 radical (unpaired) electrons. The molecule has 1 amide bonds. The Morgan fingerprint density at radius 2 is 2.14 bits per heavy atom. The summed E-state index contributed by atoms with van der Waals surface area (Å²) in [5.41, 5.74) is 1.33. The quantitative estimate of drug-likeness (QED) is 0.846. The molecule has 22 heavy (non-hydrogen) atoms. The minimum absolute atomic E-state index is 0.0309. The highest BCUT2D eigenvalue weighted by Gasteiger charge is 2.35. The largest absolute Gasteiger partial charge is 0.334 e. The highest BCUT2D eigenvalue weighted by atomic mass is 32.2. The highest BCUT2D eigenvalue weighted by Crippen LogP contribution is 2.31. The van der Waals surface area contributed by atoms with Crippen LogP contribution in [-0.4, -0.2) is 43.3 Å². The summed E-state index contributed by atoms with van der Waals surface area (Å²) in [7, 11) is -2.97. The summed E-state index contributed by atoms with van der Waals surface area (Å²) in [4.78, 5) is 16.8. The SMILES string of the molecule is CCCN(C(=O)c1cc2c(s1)CCCC2)C1CCS(=O)(=O)C1. The third kappa shape index (κ3) is 3.23. The molecular formula is C16H23NO3S2. The highest BCUT2D eigenvalue weighted by molar-refractivity contribution is 7.91. The number of fused-ring (bicyclic) bond motifs is 1. The minimum atomic E-state index is -2.97. The van der Waals surface area contributed by atoms with Gasteiger partial charge >= 0.3 is 0 Å². The van der Waals surface area contributed by atoms with Crippen LogP contribution in [0.5, 0.6) is 0 Å². The lowest BCUT2D eigenvalue weighted by atomic mass is 9.99. The topological polar surface area (TPSA) is 54.5 Å². The first-order valence-electron chi connectivity index (χ1n) is 8.13. The molecule has 6 heteroatoms. The van der Waals surface area contributed by atoms with Gasteiger partial charge in [0.25, 0.3) is 5.91 Å². The lowest BCUT2D eigenvalue weighted by Crippen LogP contribution is -2.41. The molecule has 122 valence electrons. The van der Waals surface area contributed by atoms with Crippen molar-refractivity contribution >= 4 is 27.1 Å². The van der Waals surface area contributed by atoms with Crippen molar-refractivity contribution < 1.29 is 13.2 Å². The predicted molar refractivity (Wildman–Crippen MR) is 89.3 cm³/mol. The second kappa shape index (κ2) is 6.32. The fourth-order valence-corrected chi connectivity index (χ4v) is 6.39. The van der Waals surface area contributed by atoms with E-state index < -0.39 is 9.84 Å². The first-order valence-corrected chi connectivity index (χ1v) is 10.8. The average molecular weight is 341 g/mol. The molecular weight excluding hydrogens is 318 g/mol. The first kappa shape index (κ1) is 16.0. The monoisotopic (exact) mass is 341 g/mol. The fourth-order valence-electron chi connectivity index (χ4n) is 3.45. The van der Waals surface area contributed by atoms with Gasteiger partial charge in [-0.25, -0.2) is 8.42 Å². The summed E-state index contributed by atoms with van der Waals surface area (Å²) >= 11 is 1.62. The standard InChI is InChI=1S/C16H23NO3S2/c1-2-8-17(13-7-9-22(19,20)11-13)16(18)15-10-12-5-3-4-6-14(12)21-15/h10,13H,2-9,11H2,1H3. The zero-order valence-electron chi connectivity index (χ0n) is 13.0. The Labute approximate surface area is 136 Å². The summed E-state index contributed by atoms with van der Waals surface area (Å²) < 4.78 is 23.5. The van der Waals surface area contributed by atoms with Crippen molar-refractivity contribution in [1.29, 1.82) is 0 Å². The van der Waals surface area contributed by atoms with Crippen molar-refractivity contribution in [1.82, 2.24) is 4.90 Å². The van der Waals surface area contributed by atoms with Gasteiger partial charge in [-0.2, -0.15) is 0 Å². The zero-order valence-corrected chi connectivity index (χ0v) is 14.6. The van der Waals surface area contributed by atoms with E-state index in [0.29, 0.717) is 13.0 Å². The molecule has 0 N–H and O–H groups in total. The third-order valence-electron chi connectivity index (χ3n) is 4.58. The van der Waals surface area contributed by atoms with Crippen LogP contribution in [0, 0.1) is 0 Å². The summed E-state index contributed by atoms with van der Waals surface area (Å²) in [5.74, 6) is 0.374. The second-order valence-electron chi connectivity index (χ2n) is 6.32. The summed E-state index contributed by atoms with van der Waals surface area (Å²) in [6, 6.07) is 1.91. The van der Waals surface area contributed by atoms with E-state index in [4.69, 9.17) is 0 Å². The molecule has 1 fully saturated rings. The van der Waals surface area contributed by atoms with Gasteiger partial charge in [-0.1, -0.05) is 6.92 Å². The van der Waals surface area contributed by atoms with Crippen LogP contribution >= 0.6 is 11.3 Å². The van der Waals surface area contributed by atoms with Crippen molar-refractivity contribution in [3.05, 3.63) is 21.4 Å². The van der Waals surface area contributed by atoms with Crippen molar-refractivity contribution in [2.75, 3.05) is 18.1 Å². The molecule has 1 aliphatic carbocycles. The number of nitrogens with zero attached hydrogens (tertiary/aromatic N) is 1. The van der Waals surface area contributed by atoms with Crippen LogP contribution in [0.4, 0.5) is 0 Å². The Kier molecular flexibility index (Phi) is 4.59. The van der Waals surface area contributed by atoms with Crippen LogP contribution in [0.2, 0.25) is 0 Å². The minimum Gasteiger partial charge on any atom is -0.334 e. The molecule has 1 unspecified atom stereocenters. The molecule has 1 saturated heterocycles. The van der Waals surface area contributed by atoms with Crippen molar-refractivity contribution in [3.8, 4) is 0 Å². The Morgan fingerprint density at radius 3 is 2.77 bits per heavy atom. The van der Waals surface area contributed by atoms with Crippen LogP contribution < -0.4 is 0 Å². The fraction of sp³-hybridized carbons (Fsp3) is 0.688. The van der Waals surface area contributed by atoms with Gasteiger partial charge in [0.05, 0.1) is 16.4 Å². The number of thiophene rings is 1. The maximum atomic E-state index is 12.9. The number of sulfone groups is 1. The van der Waals surface area contributed by atoms with E-state index in [9.17, 15) is 13.2 Å². The predicted octanol–water partition coefficient (Wildman–Crippen LogP) is 2.67. The van der Waals surface area contributed by atoms with Crippen molar-refractivity contribution in [3.63, 3.8) is 0 Å². The molecule has 3 rings (SSSR count). The van der Waals surface area contributed by atoms with Crippen LogP contribution in [0.25, 0.3) is 0 Å². The number of carbonyl (C=O) groups excluding carboxylic acids is 1. The van der Waals surface area contributed by atoms with Gasteiger partial charge in [-0.15, -0.1) is 11.3 Å². The summed E-state index contributed by atoms with van der Waals surface area (Å²) in [5, 5.41) is 0. The molecule has 1 aromatic heterocycles. The molecule has 0 spiro atoms. The second-order valence-corrected chi connectivity index (χ2v) is 9.69. The van der Waals surface area contributed by atoms with Gasteiger partial charge in [0.15, 0.2) is 9.84 Å². The van der Waals surface area contributed by atoms with E-state index in [1.807, 2.05) is 17.9 Å². The Bertz CT molecular complexity index is 639. The van der Waals surface area contributed by atoms with Crippen LogP contribution in [0.15, 0.2) is 6.07 Å². The molecule has 4 nitrogen and oxygen atoms in total. The molecule has 0 saturated carbocycles. The van der Waals surface area contributed by atoms with Crippen LogP contribution in [0.3, 0.4) is 0 Å². The van der Waals surface area contributed by atoms with Crippen molar-refractivity contribution in [2.45, 2.75) is 51.5 Å². The normalized spacial score (nSPS) is 23.2. The average Bonchev–Trinajstić information content (AvgIpc) is 3.07. The maximum absolute atomic E-state index is 12.9. The molecule has 0 aromatic carbocycles. The van der Waals surface area contributed by atoms with E-state index in [0.717, 1.165) is 24.1 Å². The molecule has 0 bridgehead atoms. The molecule has 2 aliphatic rings. The van der Waals surface area contributed by atoms with Gasteiger partial charge in [0.1, 0.15) is 0 Å². The van der Waals surface area contributed by atoms with Gasteiger partial charge in [-0.3, -0.25) is 4.79 Å². The van der Waals surface area contributed by atoms with Gasteiger partial charge < -0.3 is 4.90 Å². The van der Waals surface area contributed by atoms with E-state index in [-0.39, 0.29) is 23.5 Å². The van der Waals surface area contributed by atoms with E-state index >= 15 is 0 Å². The summed E-state index contributed by atoms with van der Waals surface area (Å²) in [6.07, 6.45) is 6.01. The number of rotatable bonds is 4. The van der Waals surface area contributed by atoms with Crippen LogP contribution in [0.1, 0.15) is 52.7 Å². The van der Waals surface area contributed by atoms with Gasteiger partial charge in [-0.05, 0) is 50.2 Å². The third-order valence-corrected chi connectivity index (χ3v) is 7.56. The number of amides is 1. The Hall–Kier alpha value is -0.880. The molecule has 1 aliphatic heterocycles. The van der Waals surface area contributed by atoms with Gasteiger partial charge in [0.2, 0.25) is 0 Å². The lowest BCUT2D eigenvalue weighted by Gasteiger charge is -2.27. The molecule has 2 heterocycles. The Morgan fingerprint density at radius 1 is 1.36 bits per heavy atom. The van der Waals surface area contributed by atoms with Gasteiger partial charge in [0, 0.05) is 17.5 Å². The first-order chi connectivity index (χ1) is 10.5. The number of hydrogen-bond acceptors (Lipinski definition) is 4. The van der Waals surface area contributed by atoms with Crippen molar-refractivity contribution in [2.24, 2.45) is 0 Å². The number of aryl methyl sites for hydroxylation is 2.